The second-order valence-corrected chi connectivity index (χ2v) is 3.83. The standard InChI is InChI=1S/C12H16N2O4/c1-18-12(17)5-8-2-9(4-10(13)3-8)6-14-7-11(15)16/h2-4,14H,5-7,13H2,1H3,(H,15,16). The third-order valence-corrected chi connectivity index (χ3v) is 2.26. The molecule has 0 fully saturated rings. The van der Waals surface area contributed by atoms with Gasteiger partial charge in [0.1, 0.15) is 0 Å². The molecule has 0 saturated carbocycles. The van der Waals surface area contributed by atoms with Crippen molar-refractivity contribution in [1.29, 1.82) is 0 Å². The number of carbonyl (C=O) groups is 2. The molecule has 1 aromatic rings. The Kier molecular flexibility index (Phi) is 5.13. The minimum Gasteiger partial charge on any atom is -0.480 e. The van der Waals surface area contributed by atoms with Crippen molar-refractivity contribution in [3.63, 3.8) is 0 Å². The number of nitrogen functional groups attached to an aromatic ring is 1. The van der Waals surface area contributed by atoms with Gasteiger partial charge in [-0.2, -0.15) is 0 Å². The van der Waals surface area contributed by atoms with E-state index in [9.17, 15) is 9.59 Å². The molecule has 98 valence electrons. The van der Waals surface area contributed by atoms with Gasteiger partial charge in [-0.25, -0.2) is 0 Å². The minimum absolute atomic E-state index is 0.124. The molecule has 0 bridgehead atoms. The van der Waals surface area contributed by atoms with Crippen molar-refractivity contribution in [2.45, 2.75) is 13.0 Å². The number of carboxylic acid groups (broad SMARTS) is 1. The van der Waals surface area contributed by atoms with Crippen LogP contribution in [0.2, 0.25) is 0 Å². The zero-order valence-corrected chi connectivity index (χ0v) is 10.1. The summed E-state index contributed by atoms with van der Waals surface area (Å²) in [4.78, 5) is 21.5. The zero-order chi connectivity index (χ0) is 13.5. The molecule has 0 unspecified atom stereocenters. The molecule has 4 N–H and O–H groups in total. The maximum Gasteiger partial charge on any atom is 0.317 e. The first-order valence-electron chi connectivity index (χ1n) is 5.39. The second kappa shape index (κ2) is 6.61. The smallest absolute Gasteiger partial charge is 0.317 e. The highest BCUT2D eigenvalue weighted by Crippen LogP contribution is 2.13. The van der Waals surface area contributed by atoms with E-state index in [1.165, 1.54) is 7.11 Å². The number of hydrogen-bond donors (Lipinski definition) is 3. The Labute approximate surface area is 105 Å². The highest BCUT2D eigenvalue weighted by atomic mass is 16.5. The molecule has 0 aliphatic carbocycles. The van der Waals surface area contributed by atoms with E-state index >= 15 is 0 Å². The van der Waals surface area contributed by atoms with Crippen LogP contribution in [0.3, 0.4) is 0 Å². The fourth-order valence-electron chi connectivity index (χ4n) is 1.55. The SMILES string of the molecule is COC(=O)Cc1cc(N)cc(CNCC(=O)O)c1. The van der Waals surface area contributed by atoms with E-state index in [1.807, 2.05) is 0 Å². The van der Waals surface area contributed by atoms with Crippen molar-refractivity contribution in [2.75, 3.05) is 19.4 Å². The van der Waals surface area contributed by atoms with Gasteiger partial charge >= 0.3 is 11.9 Å². The third-order valence-electron chi connectivity index (χ3n) is 2.26. The van der Waals surface area contributed by atoms with Crippen LogP contribution in [0.25, 0.3) is 0 Å². The Morgan fingerprint density at radius 1 is 1.33 bits per heavy atom. The summed E-state index contributed by atoms with van der Waals surface area (Å²) in [6.07, 6.45) is 0.146. The monoisotopic (exact) mass is 252 g/mol. The molecular weight excluding hydrogens is 236 g/mol. The van der Waals surface area contributed by atoms with Crippen LogP contribution in [0.15, 0.2) is 18.2 Å². The molecule has 0 atom stereocenters. The van der Waals surface area contributed by atoms with Gasteiger partial charge in [0.25, 0.3) is 0 Å². The molecule has 0 heterocycles. The molecule has 0 spiro atoms. The molecule has 1 aromatic carbocycles. The summed E-state index contributed by atoms with van der Waals surface area (Å²) in [5, 5.41) is 11.3. The van der Waals surface area contributed by atoms with Crippen LogP contribution in [0.4, 0.5) is 5.69 Å². The number of aliphatic carboxylic acids is 1. The van der Waals surface area contributed by atoms with Crippen molar-refractivity contribution < 1.29 is 19.4 Å². The topological polar surface area (TPSA) is 102 Å². The Morgan fingerprint density at radius 2 is 2.00 bits per heavy atom. The fraction of sp³-hybridized carbons (Fsp3) is 0.333. The third kappa shape index (κ3) is 4.84. The van der Waals surface area contributed by atoms with E-state index in [0.717, 1.165) is 11.1 Å². The highest BCUT2D eigenvalue weighted by Gasteiger charge is 2.05. The first-order valence-corrected chi connectivity index (χ1v) is 5.39. The predicted octanol–water partition coefficient (Wildman–Crippen LogP) is 0.159. The number of ether oxygens (including phenoxy) is 1. The van der Waals surface area contributed by atoms with E-state index in [2.05, 4.69) is 10.1 Å². The number of nitrogens with two attached hydrogens (primary N) is 1. The van der Waals surface area contributed by atoms with Crippen molar-refractivity contribution in [3.8, 4) is 0 Å². The summed E-state index contributed by atoms with van der Waals surface area (Å²) in [5.41, 5.74) is 7.82. The van der Waals surface area contributed by atoms with Crippen molar-refractivity contribution in [1.82, 2.24) is 5.32 Å². The van der Waals surface area contributed by atoms with Crippen LogP contribution in [0, 0.1) is 0 Å². The van der Waals surface area contributed by atoms with E-state index in [-0.39, 0.29) is 18.9 Å². The highest BCUT2D eigenvalue weighted by molar-refractivity contribution is 5.73. The summed E-state index contributed by atoms with van der Waals surface area (Å²) in [6.45, 7) is 0.257. The van der Waals surface area contributed by atoms with Gasteiger partial charge in [-0.3, -0.25) is 9.59 Å². The van der Waals surface area contributed by atoms with Crippen LogP contribution in [0.5, 0.6) is 0 Å². The number of benzene rings is 1. The molecule has 0 saturated heterocycles. The van der Waals surface area contributed by atoms with Gasteiger partial charge in [-0.15, -0.1) is 0 Å². The predicted molar refractivity (Wildman–Crippen MR) is 65.9 cm³/mol. The Balaban J connectivity index is 2.68. The van der Waals surface area contributed by atoms with Crippen LogP contribution < -0.4 is 11.1 Å². The molecule has 6 heteroatoms. The van der Waals surface area contributed by atoms with E-state index in [0.29, 0.717) is 12.2 Å². The van der Waals surface area contributed by atoms with Crippen LogP contribution >= 0.6 is 0 Å². The van der Waals surface area contributed by atoms with Gasteiger partial charge < -0.3 is 20.9 Å². The van der Waals surface area contributed by atoms with Gasteiger partial charge in [-0.1, -0.05) is 6.07 Å². The first-order chi connectivity index (χ1) is 8.51. The van der Waals surface area contributed by atoms with Gasteiger partial charge in [0, 0.05) is 12.2 Å². The number of rotatable bonds is 6. The van der Waals surface area contributed by atoms with E-state index < -0.39 is 5.97 Å². The van der Waals surface area contributed by atoms with Crippen LogP contribution in [-0.2, 0) is 27.3 Å². The molecule has 0 radical (unpaired) electrons. The fourth-order valence-corrected chi connectivity index (χ4v) is 1.55. The molecule has 18 heavy (non-hydrogen) atoms. The number of esters is 1. The number of carbonyl (C=O) groups excluding carboxylic acids is 1. The lowest BCUT2D eigenvalue weighted by Gasteiger charge is -2.07. The maximum absolute atomic E-state index is 11.2. The first kappa shape index (κ1) is 14.0. The molecule has 0 amide bonds. The van der Waals surface area contributed by atoms with Crippen molar-refractivity contribution in [3.05, 3.63) is 29.3 Å². The van der Waals surface area contributed by atoms with Crippen molar-refractivity contribution >= 4 is 17.6 Å². The summed E-state index contributed by atoms with van der Waals surface area (Å²) < 4.78 is 4.57. The molecular formula is C12H16N2O4. The number of carboxylic acids is 1. The molecule has 0 aliphatic heterocycles. The minimum atomic E-state index is -0.923. The lowest BCUT2D eigenvalue weighted by atomic mass is 10.1. The summed E-state index contributed by atoms with van der Waals surface area (Å²) in [6, 6.07) is 5.22. The molecule has 0 aromatic heterocycles. The number of nitrogens with one attached hydrogen (secondary N) is 1. The second-order valence-electron chi connectivity index (χ2n) is 3.83. The number of methoxy groups -OCH3 is 1. The quantitative estimate of drug-likeness (QED) is 0.492. The van der Waals surface area contributed by atoms with Gasteiger partial charge in [0.2, 0.25) is 0 Å². The summed E-state index contributed by atoms with van der Waals surface area (Å²) in [7, 11) is 1.32. The molecule has 0 aliphatic rings. The number of anilines is 1. The largest absolute Gasteiger partial charge is 0.480 e. The lowest BCUT2D eigenvalue weighted by molar-refractivity contribution is -0.140. The zero-order valence-electron chi connectivity index (χ0n) is 10.1. The van der Waals surface area contributed by atoms with Crippen molar-refractivity contribution in [2.24, 2.45) is 0 Å². The maximum atomic E-state index is 11.2. The number of hydrogen-bond acceptors (Lipinski definition) is 5. The van der Waals surface area contributed by atoms with Gasteiger partial charge in [-0.05, 0) is 23.3 Å². The summed E-state index contributed by atoms with van der Waals surface area (Å²) in [5.74, 6) is -1.27. The molecule has 6 nitrogen and oxygen atoms in total. The average Bonchev–Trinajstić information content (AvgIpc) is 2.27. The Morgan fingerprint density at radius 3 is 2.61 bits per heavy atom. The van der Waals surface area contributed by atoms with Gasteiger partial charge in [0.05, 0.1) is 20.1 Å². The van der Waals surface area contributed by atoms with E-state index in [4.69, 9.17) is 10.8 Å². The summed E-state index contributed by atoms with van der Waals surface area (Å²) >= 11 is 0. The molecule has 1 rings (SSSR count). The average molecular weight is 252 g/mol. The Hall–Kier alpha value is -2.08. The lowest BCUT2D eigenvalue weighted by Crippen LogP contribution is -2.22. The Bertz CT molecular complexity index is 446. The van der Waals surface area contributed by atoms with E-state index in [1.54, 1.807) is 18.2 Å². The van der Waals surface area contributed by atoms with Crippen LogP contribution in [0.1, 0.15) is 11.1 Å². The normalized spacial score (nSPS) is 10.1. The van der Waals surface area contributed by atoms with Gasteiger partial charge in [0.15, 0.2) is 0 Å². The van der Waals surface area contributed by atoms with Crippen LogP contribution in [-0.4, -0.2) is 30.7 Å².